The van der Waals surface area contributed by atoms with Crippen LogP contribution in [-0.2, 0) is 24.7 Å². The third-order valence-corrected chi connectivity index (χ3v) is 4.23. The molecule has 0 saturated heterocycles. The molecular formula is C18H40HfN3. The molecule has 0 atom stereocenters. The zero-order valence-electron chi connectivity index (χ0n) is 16.6. The molecule has 0 bridgehead atoms. The average molecular weight is 477 g/mol. The van der Waals surface area contributed by atoms with E-state index in [0.29, 0.717) is 30.0 Å². The zero-order chi connectivity index (χ0) is 17.4. The first-order chi connectivity index (χ1) is 10.0. The molecule has 4 heteroatoms. The molecule has 0 amide bonds. The van der Waals surface area contributed by atoms with Crippen molar-refractivity contribution in [3.63, 3.8) is 0 Å². The third kappa shape index (κ3) is 9.79. The second-order valence-corrected chi connectivity index (χ2v) is 11.0. The molecule has 0 aliphatic rings. The molecule has 0 saturated carbocycles. The summed E-state index contributed by atoms with van der Waals surface area (Å²) in [6, 6.07) is 0. The van der Waals surface area contributed by atoms with Crippen molar-refractivity contribution in [2.24, 2.45) is 23.7 Å². The molecule has 0 aromatic heterocycles. The second-order valence-electron chi connectivity index (χ2n) is 8.44. The molecule has 0 aliphatic carbocycles. The van der Waals surface area contributed by atoms with Crippen LogP contribution in [0.5, 0.6) is 0 Å². The first kappa shape index (κ1) is 22.8. The van der Waals surface area contributed by atoms with Gasteiger partial charge in [0.1, 0.15) is 0 Å². The summed E-state index contributed by atoms with van der Waals surface area (Å²) < 4.78 is 2.54. The Morgan fingerprint density at radius 3 is 0.955 bits per heavy atom. The summed E-state index contributed by atoms with van der Waals surface area (Å²) >= 11 is 1.10. The Kier molecular flexibility index (Phi) is 11.7. The van der Waals surface area contributed by atoms with E-state index >= 15 is 0 Å². The van der Waals surface area contributed by atoms with E-state index in [-0.39, 0.29) is 0 Å². The van der Waals surface area contributed by atoms with Crippen molar-refractivity contribution in [2.45, 2.75) is 61.7 Å². The average Bonchev–Trinajstić information content (AvgIpc) is 2.23. The van der Waals surface area contributed by atoms with Crippen LogP contribution < -0.4 is 0 Å². The Labute approximate surface area is 155 Å². The molecule has 0 heterocycles. The van der Waals surface area contributed by atoms with Crippen molar-refractivity contribution in [2.75, 3.05) is 33.2 Å². The standard InChI is InChI=1S/C18H40N3.Hf/c1-14(2)10-20(11-15(3)4)18(19-9)21(12-16(5)6)13-17(7)8;/h14-18H,10-13H2,1-9H3;/q-1;+1. The minimum absolute atomic E-state index is 0.460. The van der Waals surface area contributed by atoms with Crippen LogP contribution in [0.2, 0.25) is 0 Å². The van der Waals surface area contributed by atoms with Gasteiger partial charge in [-0.25, -0.2) is 0 Å². The summed E-state index contributed by atoms with van der Waals surface area (Å²) in [6.07, 6.45) is 0.460. The van der Waals surface area contributed by atoms with Gasteiger partial charge >= 0.3 is 156 Å². The Morgan fingerprint density at radius 2 is 0.818 bits per heavy atom. The molecule has 0 unspecified atom stereocenters. The fourth-order valence-corrected chi connectivity index (χ4v) is 4.30. The van der Waals surface area contributed by atoms with Gasteiger partial charge in [0.05, 0.1) is 0 Å². The normalized spacial score (nSPS) is 13.3. The molecule has 0 spiro atoms. The van der Waals surface area contributed by atoms with E-state index in [9.17, 15) is 0 Å². The Balaban J connectivity index is 5.34. The van der Waals surface area contributed by atoms with Crippen molar-refractivity contribution < 1.29 is 24.7 Å². The predicted octanol–water partition coefficient (Wildman–Crippen LogP) is 3.89. The van der Waals surface area contributed by atoms with Crippen LogP contribution in [0, 0.1) is 23.7 Å². The SMILES string of the molecule is CC(C)CN(CC(C)C)C([N](C)[Hf])N(CC(C)C)CC(C)C. The van der Waals surface area contributed by atoms with E-state index < -0.39 is 0 Å². The van der Waals surface area contributed by atoms with Gasteiger partial charge in [0, 0.05) is 0 Å². The zero-order valence-corrected chi connectivity index (χ0v) is 20.1. The van der Waals surface area contributed by atoms with Crippen LogP contribution in [-0.4, -0.2) is 52.2 Å². The Bertz CT molecular complexity index is 234. The van der Waals surface area contributed by atoms with Gasteiger partial charge in [0.15, 0.2) is 0 Å². The van der Waals surface area contributed by atoms with Gasteiger partial charge < -0.3 is 0 Å². The number of nitrogens with zero attached hydrogens (tertiary/aromatic N) is 3. The summed E-state index contributed by atoms with van der Waals surface area (Å²) in [5.41, 5.74) is 0. The van der Waals surface area contributed by atoms with Gasteiger partial charge in [-0.2, -0.15) is 0 Å². The van der Waals surface area contributed by atoms with Crippen molar-refractivity contribution in [1.82, 2.24) is 12.7 Å². The molecule has 0 radical (unpaired) electrons. The molecule has 3 nitrogen and oxygen atoms in total. The summed E-state index contributed by atoms with van der Waals surface area (Å²) in [5.74, 6) is 2.84. The second kappa shape index (κ2) is 11.3. The van der Waals surface area contributed by atoms with Gasteiger partial charge in [0.2, 0.25) is 0 Å². The van der Waals surface area contributed by atoms with Crippen molar-refractivity contribution >= 4 is 0 Å². The van der Waals surface area contributed by atoms with Crippen LogP contribution in [0.15, 0.2) is 0 Å². The van der Waals surface area contributed by atoms with E-state index in [2.05, 4.69) is 75.1 Å². The van der Waals surface area contributed by atoms with Crippen LogP contribution in [0.25, 0.3) is 0 Å². The minimum atomic E-state index is 0.460. The van der Waals surface area contributed by atoms with Crippen molar-refractivity contribution in [1.29, 1.82) is 0 Å². The number of hydrogen-bond donors (Lipinski definition) is 0. The summed E-state index contributed by atoms with van der Waals surface area (Å²) in [7, 11) is 2.29. The summed E-state index contributed by atoms with van der Waals surface area (Å²) in [6.45, 7) is 23.5. The topological polar surface area (TPSA) is 9.72 Å². The molecule has 22 heavy (non-hydrogen) atoms. The van der Waals surface area contributed by atoms with Gasteiger partial charge in [0.25, 0.3) is 0 Å². The van der Waals surface area contributed by atoms with Crippen molar-refractivity contribution in [3.8, 4) is 0 Å². The summed E-state index contributed by atoms with van der Waals surface area (Å²) in [5, 5.41) is 0. The molecule has 0 rings (SSSR count). The van der Waals surface area contributed by atoms with Crippen LogP contribution in [0.3, 0.4) is 0 Å². The first-order valence-corrected chi connectivity index (χ1v) is 10.6. The predicted molar refractivity (Wildman–Crippen MR) is 94.0 cm³/mol. The fraction of sp³-hybridized carbons (Fsp3) is 1.00. The van der Waals surface area contributed by atoms with Gasteiger partial charge in [-0.1, -0.05) is 0 Å². The number of rotatable bonds is 11. The first-order valence-electron chi connectivity index (χ1n) is 8.96. The van der Waals surface area contributed by atoms with Crippen LogP contribution >= 0.6 is 0 Å². The maximum atomic E-state index is 2.72. The van der Waals surface area contributed by atoms with Gasteiger partial charge in [-0.3, -0.25) is 0 Å². The fourth-order valence-electron chi connectivity index (χ4n) is 3.12. The molecule has 0 fully saturated rings. The molecular weight excluding hydrogens is 437 g/mol. The third-order valence-electron chi connectivity index (χ3n) is 3.40. The van der Waals surface area contributed by atoms with E-state index in [1.807, 2.05) is 0 Å². The molecule has 0 aromatic carbocycles. The maximum absolute atomic E-state index is 2.72. The van der Waals surface area contributed by atoms with E-state index in [4.69, 9.17) is 0 Å². The van der Waals surface area contributed by atoms with Crippen molar-refractivity contribution in [3.05, 3.63) is 0 Å². The van der Waals surface area contributed by atoms with Crippen LogP contribution in [0.4, 0.5) is 0 Å². The monoisotopic (exact) mass is 478 g/mol. The molecule has 131 valence electrons. The number of hydrogen-bond acceptors (Lipinski definition) is 3. The van der Waals surface area contributed by atoms with E-state index in [1.165, 1.54) is 26.2 Å². The van der Waals surface area contributed by atoms with Crippen LogP contribution in [0.1, 0.15) is 55.4 Å². The quantitative estimate of drug-likeness (QED) is 0.331. The molecule has 0 aliphatic heterocycles. The van der Waals surface area contributed by atoms with Gasteiger partial charge in [-0.15, -0.1) is 0 Å². The summed E-state index contributed by atoms with van der Waals surface area (Å²) in [4.78, 5) is 5.43. The van der Waals surface area contributed by atoms with Gasteiger partial charge in [-0.05, 0) is 0 Å². The van der Waals surface area contributed by atoms with E-state index in [0.717, 1.165) is 24.7 Å². The molecule has 0 aromatic rings. The molecule has 0 N–H and O–H groups in total. The van der Waals surface area contributed by atoms with E-state index in [1.54, 1.807) is 0 Å². The Morgan fingerprint density at radius 1 is 0.591 bits per heavy atom. The Hall–Kier alpha value is 0.750.